The van der Waals surface area contributed by atoms with E-state index in [-0.39, 0.29) is 11.9 Å². The van der Waals surface area contributed by atoms with E-state index < -0.39 is 0 Å². The lowest BCUT2D eigenvalue weighted by molar-refractivity contribution is 0.0932. The minimum atomic E-state index is -0.164. The van der Waals surface area contributed by atoms with Crippen LogP contribution in [0.15, 0.2) is 24.3 Å². The second-order valence-electron chi connectivity index (χ2n) is 6.36. The van der Waals surface area contributed by atoms with Crippen LogP contribution in [0.4, 0.5) is 11.6 Å². The van der Waals surface area contributed by atoms with E-state index >= 15 is 0 Å². The van der Waals surface area contributed by atoms with Crippen molar-refractivity contribution in [3.63, 3.8) is 0 Å². The van der Waals surface area contributed by atoms with Gasteiger partial charge in [0.05, 0.1) is 19.9 Å². The van der Waals surface area contributed by atoms with E-state index in [4.69, 9.17) is 9.47 Å². The third kappa shape index (κ3) is 4.22. The molecule has 0 aliphatic heterocycles. The van der Waals surface area contributed by atoms with Crippen molar-refractivity contribution < 1.29 is 14.3 Å². The molecule has 3 rings (SSSR count). The zero-order valence-electron chi connectivity index (χ0n) is 15.3. The summed E-state index contributed by atoms with van der Waals surface area (Å²) in [6, 6.07) is 7.33. The molecule has 1 aliphatic carbocycles. The van der Waals surface area contributed by atoms with Crippen molar-refractivity contribution in [2.45, 2.75) is 38.6 Å². The van der Waals surface area contributed by atoms with Gasteiger partial charge in [-0.05, 0) is 38.0 Å². The average molecular weight is 356 g/mol. The minimum absolute atomic E-state index is 0.164. The molecule has 0 unspecified atom stereocenters. The zero-order valence-corrected chi connectivity index (χ0v) is 15.3. The molecule has 0 radical (unpaired) electrons. The molecule has 26 heavy (non-hydrogen) atoms. The SMILES string of the molecule is COc1ccc(OC)c(Nc2nc(C)cc(C(=O)NC3CCCC3)n2)c1. The highest BCUT2D eigenvalue weighted by Gasteiger charge is 2.19. The summed E-state index contributed by atoms with van der Waals surface area (Å²) < 4.78 is 10.6. The molecule has 0 atom stereocenters. The number of nitrogens with one attached hydrogen (secondary N) is 2. The van der Waals surface area contributed by atoms with E-state index in [0.29, 0.717) is 34.5 Å². The Morgan fingerprint density at radius 2 is 1.88 bits per heavy atom. The number of rotatable bonds is 6. The summed E-state index contributed by atoms with van der Waals surface area (Å²) in [7, 11) is 3.19. The number of benzene rings is 1. The standard InChI is InChI=1S/C19H24N4O3/c1-12-10-16(18(24)21-13-6-4-5-7-13)23-19(20-12)22-15-11-14(25-2)8-9-17(15)26-3/h8-11,13H,4-7H2,1-3H3,(H,21,24)(H,20,22,23). The first-order chi connectivity index (χ1) is 12.6. The fraction of sp³-hybridized carbons (Fsp3) is 0.421. The van der Waals surface area contributed by atoms with Crippen molar-refractivity contribution in [1.29, 1.82) is 0 Å². The molecule has 0 saturated heterocycles. The lowest BCUT2D eigenvalue weighted by Crippen LogP contribution is -2.33. The number of amides is 1. The number of ether oxygens (including phenoxy) is 2. The van der Waals surface area contributed by atoms with Gasteiger partial charge < -0.3 is 20.1 Å². The van der Waals surface area contributed by atoms with Gasteiger partial charge in [0.25, 0.3) is 5.91 Å². The highest BCUT2D eigenvalue weighted by atomic mass is 16.5. The van der Waals surface area contributed by atoms with Crippen molar-refractivity contribution in [2.24, 2.45) is 0 Å². The van der Waals surface area contributed by atoms with Gasteiger partial charge in [0, 0.05) is 17.8 Å². The molecular formula is C19H24N4O3. The molecule has 1 aromatic heterocycles. The molecule has 7 nitrogen and oxygen atoms in total. The van der Waals surface area contributed by atoms with Crippen LogP contribution in [0.5, 0.6) is 11.5 Å². The first kappa shape index (κ1) is 18.0. The molecule has 2 aromatic rings. The molecule has 1 amide bonds. The first-order valence-electron chi connectivity index (χ1n) is 8.74. The predicted octanol–water partition coefficient (Wildman–Crippen LogP) is 3.22. The summed E-state index contributed by atoms with van der Waals surface area (Å²) in [4.78, 5) is 21.3. The van der Waals surface area contributed by atoms with Crippen molar-refractivity contribution in [1.82, 2.24) is 15.3 Å². The number of hydrogen-bond donors (Lipinski definition) is 2. The number of hydrogen-bond acceptors (Lipinski definition) is 6. The van der Waals surface area contributed by atoms with Crippen LogP contribution in [0.3, 0.4) is 0 Å². The Balaban J connectivity index is 1.82. The Hall–Kier alpha value is -2.83. The molecule has 7 heteroatoms. The Kier molecular flexibility index (Phi) is 5.55. The topological polar surface area (TPSA) is 85.4 Å². The van der Waals surface area contributed by atoms with E-state index in [1.807, 2.05) is 13.0 Å². The Bertz CT molecular complexity index is 788. The van der Waals surface area contributed by atoms with E-state index in [1.54, 1.807) is 32.4 Å². The number of nitrogens with zero attached hydrogens (tertiary/aromatic N) is 2. The second-order valence-corrected chi connectivity index (χ2v) is 6.36. The number of carbonyl (C=O) groups excluding carboxylic acids is 1. The number of anilines is 2. The van der Waals surface area contributed by atoms with Crippen LogP contribution in [-0.4, -0.2) is 36.1 Å². The summed E-state index contributed by atoms with van der Waals surface area (Å²) in [6.45, 7) is 1.84. The minimum Gasteiger partial charge on any atom is -0.497 e. The summed E-state index contributed by atoms with van der Waals surface area (Å²) in [5.41, 5.74) is 1.73. The first-order valence-corrected chi connectivity index (χ1v) is 8.74. The van der Waals surface area contributed by atoms with Gasteiger partial charge in [-0.2, -0.15) is 0 Å². The largest absolute Gasteiger partial charge is 0.497 e. The van der Waals surface area contributed by atoms with Crippen LogP contribution in [0.2, 0.25) is 0 Å². The van der Waals surface area contributed by atoms with Gasteiger partial charge in [-0.15, -0.1) is 0 Å². The van der Waals surface area contributed by atoms with Crippen molar-refractivity contribution in [3.05, 3.63) is 35.7 Å². The smallest absolute Gasteiger partial charge is 0.270 e. The highest BCUT2D eigenvalue weighted by molar-refractivity contribution is 5.93. The van der Waals surface area contributed by atoms with Crippen molar-refractivity contribution in [2.75, 3.05) is 19.5 Å². The molecule has 2 N–H and O–H groups in total. The highest BCUT2D eigenvalue weighted by Crippen LogP contribution is 2.30. The van der Waals surface area contributed by atoms with Crippen LogP contribution >= 0.6 is 0 Å². The van der Waals surface area contributed by atoms with E-state index in [1.165, 1.54) is 0 Å². The fourth-order valence-electron chi connectivity index (χ4n) is 3.10. The molecule has 1 fully saturated rings. The van der Waals surface area contributed by atoms with Gasteiger partial charge in [0.1, 0.15) is 17.2 Å². The third-order valence-electron chi connectivity index (χ3n) is 4.43. The van der Waals surface area contributed by atoms with E-state index in [2.05, 4.69) is 20.6 Å². The maximum Gasteiger partial charge on any atom is 0.270 e. The number of carbonyl (C=O) groups is 1. The Labute approximate surface area is 153 Å². The molecule has 1 heterocycles. The summed E-state index contributed by atoms with van der Waals surface area (Å²) in [5, 5.41) is 6.17. The molecule has 0 bridgehead atoms. The Morgan fingerprint density at radius 3 is 2.58 bits per heavy atom. The van der Waals surface area contributed by atoms with Crippen molar-refractivity contribution >= 4 is 17.5 Å². The zero-order chi connectivity index (χ0) is 18.5. The third-order valence-corrected chi connectivity index (χ3v) is 4.43. The molecule has 1 aliphatic rings. The molecule has 138 valence electrons. The lowest BCUT2D eigenvalue weighted by atomic mass is 10.2. The van der Waals surface area contributed by atoms with Crippen LogP contribution in [0.1, 0.15) is 41.9 Å². The average Bonchev–Trinajstić information content (AvgIpc) is 3.14. The van der Waals surface area contributed by atoms with Crippen LogP contribution in [0, 0.1) is 6.92 Å². The van der Waals surface area contributed by atoms with Gasteiger partial charge in [-0.3, -0.25) is 4.79 Å². The van der Waals surface area contributed by atoms with Gasteiger partial charge in [-0.1, -0.05) is 12.8 Å². The van der Waals surface area contributed by atoms with Crippen molar-refractivity contribution in [3.8, 4) is 11.5 Å². The van der Waals surface area contributed by atoms with E-state index in [9.17, 15) is 4.79 Å². The Morgan fingerprint density at radius 1 is 1.12 bits per heavy atom. The van der Waals surface area contributed by atoms with Crippen LogP contribution in [0.25, 0.3) is 0 Å². The molecule has 0 spiro atoms. The number of aromatic nitrogens is 2. The molecule has 1 saturated carbocycles. The lowest BCUT2D eigenvalue weighted by Gasteiger charge is -2.14. The van der Waals surface area contributed by atoms with Gasteiger partial charge in [0.2, 0.25) is 5.95 Å². The number of aryl methyl sites for hydroxylation is 1. The summed E-state index contributed by atoms with van der Waals surface area (Å²) in [6.07, 6.45) is 4.39. The predicted molar refractivity (Wildman–Crippen MR) is 99.3 cm³/mol. The molecular weight excluding hydrogens is 332 g/mol. The maximum atomic E-state index is 12.5. The second kappa shape index (κ2) is 8.03. The fourth-order valence-corrected chi connectivity index (χ4v) is 3.10. The molecule has 1 aromatic carbocycles. The quantitative estimate of drug-likeness (QED) is 0.827. The van der Waals surface area contributed by atoms with Crippen LogP contribution in [-0.2, 0) is 0 Å². The van der Waals surface area contributed by atoms with Crippen LogP contribution < -0.4 is 20.1 Å². The van der Waals surface area contributed by atoms with E-state index in [0.717, 1.165) is 25.7 Å². The monoisotopic (exact) mass is 356 g/mol. The normalized spacial score (nSPS) is 14.1. The van der Waals surface area contributed by atoms with Gasteiger partial charge in [-0.25, -0.2) is 9.97 Å². The van der Waals surface area contributed by atoms with Gasteiger partial charge >= 0.3 is 0 Å². The summed E-state index contributed by atoms with van der Waals surface area (Å²) >= 11 is 0. The number of methoxy groups -OCH3 is 2. The summed E-state index contributed by atoms with van der Waals surface area (Å²) in [5.74, 6) is 1.49. The maximum absolute atomic E-state index is 12.5. The van der Waals surface area contributed by atoms with Gasteiger partial charge in [0.15, 0.2) is 0 Å².